The molecule has 2 amide bonds. The van der Waals surface area contributed by atoms with Crippen molar-refractivity contribution in [2.75, 3.05) is 5.75 Å². The van der Waals surface area contributed by atoms with Gasteiger partial charge in [-0.1, -0.05) is 23.9 Å². The number of hydrazine groups is 1. The zero-order valence-corrected chi connectivity index (χ0v) is 15.9. The molecule has 0 saturated carbocycles. The third-order valence-corrected chi connectivity index (χ3v) is 4.59. The minimum atomic E-state index is -0.595. The van der Waals surface area contributed by atoms with Gasteiger partial charge in [-0.3, -0.25) is 30.6 Å². The maximum Gasteiger partial charge on any atom is 0.269 e. The van der Waals surface area contributed by atoms with Gasteiger partial charge in [-0.15, -0.1) is 5.10 Å². The van der Waals surface area contributed by atoms with Crippen molar-refractivity contribution in [3.63, 3.8) is 0 Å². The van der Waals surface area contributed by atoms with Crippen molar-refractivity contribution in [1.82, 2.24) is 31.1 Å². The van der Waals surface area contributed by atoms with Crippen molar-refractivity contribution < 1.29 is 14.5 Å². The fourth-order valence-corrected chi connectivity index (χ4v) is 2.98. The molecule has 0 saturated heterocycles. The number of aryl methyl sites for hydroxylation is 1. The van der Waals surface area contributed by atoms with E-state index in [1.54, 1.807) is 0 Å². The van der Waals surface area contributed by atoms with Crippen LogP contribution in [0.15, 0.2) is 53.7 Å². The zero-order chi connectivity index (χ0) is 20.8. The highest BCUT2D eigenvalue weighted by molar-refractivity contribution is 7.99. The minimum absolute atomic E-state index is 0.0350. The molecule has 2 aromatic carbocycles. The van der Waals surface area contributed by atoms with Crippen LogP contribution in [0.4, 0.5) is 5.69 Å². The number of carbonyl (C=O) groups is 2. The van der Waals surface area contributed by atoms with Gasteiger partial charge in [0.2, 0.25) is 11.1 Å². The molecule has 0 fully saturated rings. The molecule has 12 heteroatoms. The average Bonchev–Trinajstić information content (AvgIpc) is 3.19. The molecule has 0 aliphatic carbocycles. The first-order chi connectivity index (χ1) is 13.9. The summed E-state index contributed by atoms with van der Waals surface area (Å²) in [5.74, 6) is -1.10. The van der Waals surface area contributed by atoms with Gasteiger partial charge >= 0.3 is 0 Å². The Bertz CT molecular complexity index is 1050. The molecule has 0 aliphatic rings. The molecular formula is C17H15N7O4S. The Labute approximate surface area is 168 Å². The van der Waals surface area contributed by atoms with E-state index in [0.29, 0.717) is 5.16 Å². The summed E-state index contributed by atoms with van der Waals surface area (Å²) in [5, 5.41) is 22.5. The van der Waals surface area contributed by atoms with Crippen LogP contribution in [-0.2, 0) is 4.79 Å². The number of nitrogens with one attached hydrogen (secondary N) is 2. The van der Waals surface area contributed by atoms with Gasteiger partial charge in [0.1, 0.15) is 0 Å². The van der Waals surface area contributed by atoms with Crippen LogP contribution in [-0.4, -0.2) is 42.7 Å². The lowest BCUT2D eigenvalue weighted by molar-refractivity contribution is -0.384. The molecule has 0 aliphatic heterocycles. The number of carbonyl (C=O) groups excluding carboxylic acids is 2. The normalized spacial score (nSPS) is 10.4. The molecule has 0 bridgehead atoms. The number of nitrogens with zero attached hydrogens (tertiary/aromatic N) is 5. The summed E-state index contributed by atoms with van der Waals surface area (Å²) in [6.45, 7) is 1.95. The second kappa shape index (κ2) is 8.93. The minimum Gasteiger partial charge on any atom is -0.272 e. The average molecular weight is 413 g/mol. The second-order valence-corrected chi connectivity index (χ2v) is 6.75. The lowest BCUT2D eigenvalue weighted by Gasteiger charge is -2.07. The number of aromatic nitrogens is 4. The van der Waals surface area contributed by atoms with Gasteiger partial charge in [-0.25, -0.2) is 0 Å². The summed E-state index contributed by atoms with van der Waals surface area (Å²) in [4.78, 5) is 34.1. The molecule has 3 aromatic rings. The predicted molar refractivity (Wildman–Crippen MR) is 103 cm³/mol. The molecule has 2 N–H and O–H groups in total. The van der Waals surface area contributed by atoms with Crippen molar-refractivity contribution in [3.8, 4) is 5.69 Å². The largest absolute Gasteiger partial charge is 0.272 e. The number of nitro benzene ring substituents is 1. The predicted octanol–water partition coefficient (Wildman–Crippen LogP) is 1.43. The quantitative estimate of drug-likeness (QED) is 0.351. The molecule has 1 aromatic heterocycles. The molecule has 0 atom stereocenters. The van der Waals surface area contributed by atoms with E-state index in [2.05, 4.69) is 26.4 Å². The molecule has 148 valence electrons. The zero-order valence-electron chi connectivity index (χ0n) is 15.1. The number of amides is 2. The number of tetrazole rings is 1. The number of thioether (sulfide) groups is 1. The van der Waals surface area contributed by atoms with Crippen LogP contribution in [0.25, 0.3) is 5.69 Å². The molecule has 29 heavy (non-hydrogen) atoms. The van der Waals surface area contributed by atoms with E-state index in [9.17, 15) is 19.7 Å². The van der Waals surface area contributed by atoms with E-state index in [0.717, 1.165) is 23.0 Å². The van der Waals surface area contributed by atoms with Gasteiger partial charge in [0, 0.05) is 17.7 Å². The molecule has 0 spiro atoms. The molecule has 0 unspecified atom stereocenters. The number of hydrogen-bond acceptors (Lipinski definition) is 8. The fourth-order valence-electron chi connectivity index (χ4n) is 2.29. The van der Waals surface area contributed by atoms with Crippen LogP contribution < -0.4 is 10.9 Å². The Kier molecular flexibility index (Phi) is 6.14. The summed E-state index contributed by atoms with van der Waals surface area (Å²) in [6, 6.07) is 12.6. The van der Waals surface area contributed by atoms with Crippen molar-refractivity contribution >= 4 is 29.3 Å². The first kappa shape index (κ1) is 19.9. The highest BCUT2D eigenvalue weighted by atomic mass is 32.2. The third-order valence-electron chi connectivity index (χ3n) is 3.68. The van der Waals surface area contributed by atoms with Crippen LogP contribution in [0.1, 0.15) is 15.9 Å². The number of benzene rings is 2. The summed E-state index contributed by atoms with van der Waals surface area (Å²) in [6.07, 6.45) is 0. The number of rotatable bonds is 6. The van der Waals surface area contributed by atoms with Crippen molar-refractivity contribution in [2.24, 2.45) is 0 Å². The van der Waals surface area contributed by atoms with E-state index >= 15 is 0 Å². The van der Waals surface area contributed by atoms with E-state index in [-0.39, 0.29) is 17.0 Å². The van der Waals surface area contributed by atoms with E-state index < -0.39 is 16.7 Å². The number of non-ortho nitro benzene ring substituents is 1. The van der Waals surface area contributed by atoms with E-state index in [1.807, 2.05) is 31.2 Å². The van der Waals surface area contributed by atoms with Gasteiger partial charge in [0.25, 0.3) is 11.6 Å². The first-order valence-corrected chi connectivity index (χ1v) is 9.24. The maximum atomic E-state index is 12.0. The molecule has 1 heterocycles. The molecular weight excluding hydrogens is 398 g/mol. The fraction of sp³-hybridized carbons (Fsp3) is 0.118. The summed E-state index contributed by atoms with van der Waals surface area (Å²) >= 11 is 1.10. The summed E-state index contributed by atoms with van der Waals surface area (Å²) in [5.41, 5.74) is 6.38. The Hall–Kier alpha value is -3.80. The topological polar surface area (TPSA) is 145 Å². The van der Waals surface area contributed by atoms with Gasteiger partial charge in [0.15, 0.2) is 0 Å². The molecule has 3 rings (SSSR count). The number of nitro groups is 1. The Morgan fingerprint density at radius 3 is 2.62 bits per heavy atom. The van der Waals surface area contributed by atoms with Crippen LogP contribution in [0.2, 0.25) is 0 Å². The third kappa shape index (κ3) is 5.13. The van der Waals surface area contributed by atoms with Gasteiger partial charge in [0.05, 0.1) is 16.4 Å². The Morgan fingerprint density at radius 2 is 1.93 bits per heavy atom. The van der Waals surface area contributed by atoms with Crippen molar-refractivity contribution in [2.45, 2.75) is 12.1 Å². The van der Waals surface area contributed by atoms with Gasteiger partial charge in [-0.2, -0.15) is 4.68 Å². The second-order valence-electron chi connectivity index (χ2n) is 5.81. The highest BCUT2D eigenvalue weighted by Crippen LogP contribution is 2.18. The Balaban J connectivity index is 1.52. The lowest BCUT2D eigenvalue weighted by Crippen LogP contribution is -2.42. The van der Waals surface area contributed by atoms with Gasteiger partial charge < -0.3 is 0 Å². The number of hydrogen-bond donors (Lipinski definition) is 2. The van der Waals surface area contributed by atoms with Crippen LogP contribution in [0, 0.1) is 17.0 Å². The summed E-state index contributed by atoms with van der Waals surface area (Å²) in [7, 11) is 0. The maximum absolute atomic E-state index is 12.0. The van der Waals surface area contributed by atoms with Crippen LogP contribution in [0.5, 0.6) is 0 Å². The van der Waals surface area contributed by atoms with Crippen molar-refractivity contribution in [3.05, 3.63) is 69.8 Å². The Morgan fingerprint density at radius 1 is 1.17 bits per heavy atom. The van der Waals surface area contributed by atoms with Gasteiger partial charge in [-0.05, 0) is 47.2 Å². The monoisotopic (exact) mass is 413 g/mol. The first-order valence-electron chi connectivity index (χ1n) is 8.26. The van der Waals surface area contributed by atoms with E-state index in [1.165, 1.54) is 28.9 Å². The molecule has 11 nitrogen and oxygen atoms in total. The van der Waals surface area contributed by atoms with Crippen molar-refractivity contribution in [1.29, 1.82) is 0 Å². The smallest absolute Gasteiger partial charge is 0.269 e. The lowest BCUT2D eigenvalue weighted by atomic mass is 10.2. The standard InChI is InChI=1S/C17H15N7O4S/c1-11-3-2-4-14(9-11)23-17(20-21-22-23)29-10-15(25)18-19-16(26)12-5-7-13(8-6-12)24(27)28/h2-9H,10H2,1H3,(H,18,25)(H,19,26). The van der Waals surface area contributed by atoms with Crippen LogP contribution in [0.3, 0.4) is 0 Å². The highest BCUT2D eigenvalue weighted by Gasteiger charge is 2.13. The SMILES string of the molecule is Cc1cccc(-n2nnnc2SCC(=O)NNC(=O)c2ccc([N+](=O)[O-])cc2)c1. The van der Waals surface area contributed by atoms with Crippen LogP contribution >= 0.6 is 11.8 Å². The van der Waals surface area contributed by atoms with E-state index in [4.69, 9.17) is 0 Å². The summed E-state index contributed by atoms with van der Waals surface area (Å²) < 4.78 is 1.51. The molecule has 0 radical (unpaired) electrons.